The average Bonchev–Trinajstić information content (AvgIpc) is 3.18. The van der Waals surface area contributed by atoms with Gasteiger partial charge in [-0.15, -0.1) is 11.3 Å². The predicted molar refractivity (Wildman–Crippen MR) is 119 cm³/mol. The van der Waals surface area contributed by atoms with Gasteiger partial charge < -0.3 is 14.6 Å². The van der Waals surface area contributed by atoms with E-state index in [1.165, 1.54) is 4.88 Å². The zero-order valence-corrected chi connectivity index (χ0v) is 19.9. The van der Waals surface area contributed by atoms with E-state index in [-0.39, 0.29) is 16.9 Å². The maximum atomic E-state index is 13.2. The van der Waals surface area contributed by atoms with Crippen molar-refractivity contribution in [1.82, 2.24) is 14.9 Å². The van der Waals surface area contributed by atoms with Gasteiger partial charge >= 0.3 is 0 Å². The first-order chi connectivity index (χ1) is 13.1. The number of thiophene rings is 1. The van der Waals surface area contributed by atoms with Crippen LogP contribution >= 0.6 is 11.3 Å². The Labute approximate surface area is 172 Å². The second kappa shape index (κ2) is 7.72. The van der Waals surface area contributed by atoms with Crippen LogP contribution in [0.4, 0.5) is 5.82 Å². The lowest BCUT2D eigenvalue weighted by Crippen LogP contribution is -2.43. The summed E-state index contributed by atoms with van der Waals surface area (Å²) >= 11 is 1.69. The fraction of sp³-hybridized carbons (Fsp3) is 0.650. The Morgan fingerprint density at radius 1 is 1.39 bits per heavy atom. The molecule has 28 heavy (non-hydrogen) atoms. The Morgan fingerprint density at radius 2 is 2.11 bits per heavy atom. The van der Waals surface area contributed by atoms with Crippen LogP contribution in [0.5, 0.6) is 0 Å². The van der Waals surface area contributed by atoms with E-state index in [9.17, 15) is 4.79 Å². The number of carbonyl (C=O) groups is 1. The SMILES string of the molecule is CNc1ncnc2sc3c(c12)C(C(=O)N(C)CCO[Si](C)(C)C(C)(C)C)CC3. The highest BCUT2D eigenvalue weighted by atomic mass is 32.1. The first-order valence-corrected chi connectivity index (χ1v) is 13.6. The van der Waals surface area contributed by atoms with Gasteiger partial charge in [0.2, 0.25) is 5.91 Å². The molecule has 1 N–H and O–H groups in total. The number of carbonyl (C=O) groups excluding carboxylic acids is 1. The third kappa shape index (κ3) is 3.82. The number of fused-ring (bicyclic) bond motifs is 3. The molecule has 6 nitrogen and oxygen atoms in total. The topological polar surface area (TPSA) is 67.4 Å². The minimum absolute atomic E-state index is 0.111. The average molecular weight is 421 g/mol. The van der Waals surface area contributed by atoms with E-state index in [1.807, 2.05) is 19.0 Å². The molecule has 0 bridgehead atoms. The van der Waals surface area contributed by atoms with Crippen LogP contribution in [0.3, 0.4) is 0 Å². The minimum Gasteiger partial charge on any atom is -0.415 e. The smallest absolute Gasteiger partial charge is 0.230 e. The summed E-state index contributed by atoms with van der Waals surface area (Å²) in [5.41, 5.74) is 1.13. The maximum absolute atomic E-state index is 13.2. The molecule has 2 heterocycles. The highest BCUT2D eigenvalue weighted by Gasteiger charge is 2.38. The molecule has 0 aromatic carbocycles. The molecule has 0 aliphatic heterocycles. The van der Waals surface area contributed by atoms with Crippen molar-refractivity contribution in [2.75, 3.05) is 32.6 Å². The largest absolute Gasteiger partial charge is 0.415 e. The molecule has 3 rings (SSSR count). The van der Waals surface area contributed by atoms with Crippen molar-refractivity contribution in [3.05, 3.63) is 16.8 Å². The van der Waals surface area contributed by atoms with E-state index >= 15 is 0 Å². The van der Waals surface area contributed by atoms with Crippen molar-refractivity contribution >= 4 is 41.6 Å². The van der Waals surface area contributed by atoms with Crippen LogP contribution in [0.1, 0.15) is 43.6 Å². The summed E-state index contributed by atoms with van der Waals surface area (Å²) in [6.07, 6.45) is 3.38. The molecule has 154 valence electrons. The molecule has 1 amide bonds. The zero-order chi connectivity index (χ0) is 20.7. The molecule has 8 heteroatoms. The first kappa shape index (κ1) is 21.2. The number of aryl methyl sites for hydroxylation is 1. The third-order valence-corrected chi connectivity index (χ3v) is 11.9. The Kier molecular flexibility index (Phi) is 5.85. The summed E-state index contributed by atoms with van der Waals surface area (Å²) in [5, 5.41) is 4.35. The van der Waals surface area contributed by atoms with Gasteiger partial charge in [0.1, 0.15) is 17.0 Å². The van der Waals surface area contributed by atoms with Crippen LogP contribution in [-0.2, 0) is 15.6 Å². The van der Waals surface area contributed by atoms with Gasteiger partial charge in [-0.3, -0.25) is 4.79 Å². The molecular weight excluding hydrogens is 388 g/mol. The van der Waals surface area contributed by atoms with Gasteiger partial charge in [-0.2, -0.15) is 0 Å². The lowest BCUT2D eigenvalue weighted by atomic mass is 9.99. The summed E-state index contributed by atoms with van der Waals surface area (Å²) in [5.74, 6) is 0.869. The van der Waals surface area contributed by atoms with Crippen LogP contribution in [-0.4, -0.2) is 56.3 Å². The molecule has 0 spiro atoms. The van der Waals surface area contributed by atoms with Gasteiger partial charge in [0.15, 0.2) is 8.32 Å². The molecule has 1 atom stereocenters. The Bertz CT molecular complexity index is 875. The van der Waals surface area contributed by atoms with E-state index in [1.54, 1.807) is 17.7 Å². The molecule has 0 saturated heterocycles. The summed E-state index contributed by atoms with van der Waals surface area (Å²) in [6, 6.07) is 0. The predicted octanol–water partition coefficient (Wildman–Crippen LogP) is 4.24. The van der Waals surface area contributed by atoms with Crippen molar-refractivity contribution in [1.29, 1.82) is 0 Å². The summed E-state index contributed by atoms with van der Waals surface area (Å²) in [7, 11) is 1.96. The number of amides is 1. The Balaban J connectivity index is 1.73. The quantitative estimate of drug-likeness (QED) is 0.708. The first-order valence-electron chi connectivity index (χ1n) is 9.89. The standard InChI is InChI=1S/C20H32N4O2SSi/c1-20(2,3)28(6,7)26-11-10-24(5)19(25)13-8-9-14-15(13)16-17(21-4)22-12-23-18(16)27-14/h12-13H,8-11H2,1-7H3,(H,21,22,23). The summed E-state index contributed by atoms with van der Waals surface area (Å²) in [4.78, 5) is 26.1. The van der Waals surface area contributed by atoms with Crippen molar-refractivity contribution < 1.29 is 9.22 Å². The fourth-order valence-electron chi connectivity index (χ4n) is 3.44. The van der Waals surface area contributed by atoms with Gasteiger partial charge in [-0.1, -0.05) is 20.8 Å². The van der Waals surface area contributed by atoms with E-state index in [2.05, 4.69) is 49.1 Å². The molecule has 2 aromatic rings. The summed E-state index contributed by atoms with van der Waals surface area (Å²) in [6.45, 7) is 12.4. The second-order valence-electron chi connectivity index (χ2n) is 9.05. The van der Waals surface area contributed by atoms with Gasteiger partial charge in [0.25, 0.3) is 0 Å². The molecular formula is C20H32N4O2SSi. The van der Waals surface area contributed by atoms with Crippen molar-refractivity contribution in [3.63, 3.8) is 0 Å². The van der Waals surface area contributed by atoms with Gasteiger partial charge in [0, 0.05) is 25.5 Å². The minimum atomic E-state index is -1.79. The van der Waals surface area contributed by atoms with E-state index in [0.29, 0.717) is 13.2 Å². The van der Waals surface area contributed by atoms with Crippen molar-refractivity contribution in [2.45, 2.75) is 57.7 Å². The number of likely N-dealkylation sites (N-methyl/N-ethyl adjacent to an activating group) is 1. The molecule has 2 aromatic heterocycles. The molecule has 0 radical (unpaired) electrons. The number of hydrogen-bond acceptors (Lipinski definition) is 6. The van der Waals surface area contributed by atoms with Crippen LogP contribution < -0.4 is 5.32 Å². The zero-order valence-electron chi connectivity index (χ0n) is 18.0. The van der Waals surface area contributed by atoms with E-state index in [0.717, 1.165) is 34.4 Å². The lowest BCUT2D eigenvalue weighted by Gasteiger charge is -2.36. The molecule has 1 aliphatic rings. The van der Waals surface area contributed by atoms with Crippen LogP contribution in [0.15, 0.2) is 6.33 Å². The van der Waals surface area contributed by atoms with Gasteiger partial charge in [-0.25, -0.2) is 9.97 Å². The summed E-state index contributed by atoms with van der Waals surface area (Å²) < 4.78 is 6.26. The lowest BCUT2D eigenvalue weighted by molar-refractivity contribution is -0.131. The van der Waals surface area contributed by atoms with E-state index < -0.39 is 8.32 Å². The number of anilines is 1. The number of rotatable bonds is 6. The Hall–Kier alpha value is -1.51. The number of aromatic nitrogens is 2. The van der Waals surface area contributed by atoms with Crippen molar-refractivity contribution in [2.24, 2.45) is 0 Å². The number of nitrogens with zero attached hydrogens (tertiary/aromatic N) is 3. The number of hydrogen-bond donors (Lipinski definition) is 1. The molecule has 0 fully saturated rings. The second-order valence-corrected chi connectivity index (χ2v) is 14.9. The maximum Gasteiger partial charge on any atom is 0.230 e. The normalized spacial score (nSPS) is 17.0. The monoisotopic (exact) mass is 420 g/mol. The number of nitrogens with one attached hydrogen (secondary N) is 1. The highest BCUT2D eigenvalue weighted by Crippen LogP contribution is 2.45. The van der Waals surface area contributed by atoms with Crippen LogP contribution in [0.25, 0.3) is 10.2 Å². The molecule has 1 unspecified atom stereocenters. The molecule has 0 saturated carbocycles. The van der Waals surface area contributed by atoms with Crippen molar-refractivity contribution in [3.8, 4) is 0 Å². The third-order valence-electron chi connectivity index (χ3n) is 6.22. The van der Waals surface area contributed by atoms with Crippen LogP contribution in [0, 0.1) is 0 Å². The Morgan fingerprint density at radius 3 is 2.75 bits per heavy atom. The molecule has 1 aliphatic carbocycles. The van der Waals surface area contributed by atoms with Gasteiger partial charge in [0.05, 0.1) is 17.9 Å². The highest BCUT2D eigenvalue weighted by molar-refractivity contribution is 7.19. The van der Waals surface area contributed by atoms with E-state index in [4.69, 9.17) is 4.43 Å². The fourth-order valence-corrected chi connectivity index (χ4v) is 5.69. The van der Waals surface area contributed by atoms with Gasteiger partial charge in [-0.05, 0) is 36.5 Å². The van der Waals surface area contributed by atoms with Crippen LogP contribution in [0.2, 0.25) is 18.1 Å².